The molecule has 0 spiro atoms. The van der Waals surface area contributed by atoms with Crippen molar-refractivity contribution in [3.63, 3.8) is 0 Å². The maximum absolute atomic E-state index is 11.4. The number of ketones is 1. The summed E-state index contributed by atoms with van der Waals surface area (Å²) in [5.74, 6) is 0.834. The number of nitrogens with one attached hydrogen (secondary N) is 1. The Morgan fingerprint density at radius 2 is 2.23 bits per heavy atom. The molecule has 2 fully saturated rings. The molecule has 1 heterocycles. The fourth-order valence-electron chi connectivity index (χ4n) is 1.90. The largest absolute Gasteiger partial charge is 0.306 e. The van der Waals surface area contributed by atoms with Gasteiger partial charge in [0.1, 0.15) is 5.78 Å². The zero-order valence-corrected chi connectivity index (χ0v) is 8.25. The number of nitrogens with zero attached hydrogens (tertiary/aromatic N) is 1. The van der Waals surface area contributed by atoms with Gasteiger partial charge in [-0.15, -0.1) is 0 Å². The highest BCUT2D eigenvalue weighted by molar-refractivity contribution is 5.84. The summed E-state index contributed by atoms with van der Waals surface area (Å²) in [5.41, 5.74) is 0. The molecular formula is C10H18N2O. The lowest BCUT2D eigenvalue weighted by Crippen LogP contribution is -2.35. The third-order valence-electron chi connectivity index (χ3n) is 2.99. The van der Waals surface area contributed by atoms with Crippen molar-refractivity contribution in [2.45, 2.75) is 25.3 Å². The van der Waals surface area contributed by atoms with Gasteiger partial charge in [-0.3, -0.25) is 4.79 Å². The maximum Gasteiger partial charge on any atom is 0.149 e. The van der Waals surface area contributed by atoms with E-state index < -0.39 is 0 Å². The molecule has 3 nitrogen and oxygen atoms in total. The molecular weight excluding hydrogens is 164 g/mol. The molecule has 13 heavy (non-hydrogen) atoms. The highest BCUT2D eigenvalue weighted by Crippen LogP contribution is 2.29. The van der Waals surface area contributed by atoms with E-state index in [-0.39, 0.29) is 0 Å². The summed E-state index contributed by atoms with van der Waals surface area (Å²) in [5, 5.41) is 3.34. The van der Waals surface area contributed by atoms with Crippen LogP contribution in [0.5, 0.6) is 0 Å². The van der Waals surface area contributed by atoms with E-state index >= 15 is 0 Å². The highest BCUT2D eigenvalue weighted by Gasteiger charge is 2.29. The molecule has 2 rings (SSSR count). The Balaban J connectivity index is 1.64. The smallest absolute Gasteiger partial charge is 0.149 e. The second-order valence-corrected chi connectivity index (χ2v) is 4.37. The van der Waals surface area contributed by atoms with Crippen molar-refractivity contribution < 1.29 is 4.79 Å². The van der Waals surface area contributed by atoms with Crippen molar-refractivity contribution in [2.24, 2.45) is 5.92 Å². The SMILES string of the molecule is CN1CC[C@@H](NCC(=O)C2CC2)C1. The van der Waals surface area contributed by atoms with Gasteiger partial charge in [0.15, 0.2) is 0 Å². The van der Waals surface area contributed by atoms with E-state index in [0.29, 0.717) is 24.3 Å². The first-order valence-electron chi connectivity index (χ1n) is 5.20. The van der Waals surface area contributed by atoms with E-state index in [0.717, 1.165) is 25.9 Å². The van der Waals surface area contributed by atoms with Crippen molar-refractivity contribution >= 4 is 5.78 Å². The van der Waals surface area contributed by atoms with Gasteiger partial charge >= 0.3 is 0 Å². The molecule has 2 aliphatic rings. The van der Waals surface area contributed by atoms with E-state index in [9.17, 15) is 4.79 Å². The van der Waals surface area contributed by atoms with Gasteiger partial charge in [-0.1, -0.05) is 0 Å². The summed E-state index contributed by atoms with van der Waals surface area (Å²) in [6, 6.07) is 0.549. The average molecular weight is 182 g/mol. The predicted molar refractivity (Wildman–Crippen MR) is 51.6 cm³/mol. The molecule has 0 aromatic rings. The van der Waals surface area contributed by atoms with E-state index in [2.05, 4.69) is 17.3 Å². The van der Waals surface area contributed by atoms with Gasteiger partial charge in [0.05, 0.1) is 6.54 Å². The van der Waals surface area contributed by atoms with Crippen molar-refractivity contribution in [3.8, 4) is 0 Å². The first kappa shape index (κ1) is 9.16. The fourth-order valence-corrected chi connectivity index (χ4v) is 1.90. The van der Waals surface area contributed by atoms with Crippen LogP contribution < -0.4 is 5.32 Å². The molecule has 0 aromatic heterocycles. The molecule has 1 atom stereocenters. The summed E-state index contributed by atoms with van der Waals surface area (Å²) >= 11 is 0. The number of likely N-dealkylation sites (N-methyl/N-ethyl adjacent to an activating group) is 1. The first-order valence-corrected chi connectivity index (χ1v) is 5.20. The number of hydrogen-bond acceptors (Lipinski definition) is 3. The Bertz CT molecular complexity index is 201. The van der Waals surface area contributed by atoms with Gasteiger partial charge < -0.3 is 10.2 Å². The van der Waals surface area contributed by atoms with Crippen molar-refractivity contribution in [2.75, 3.05) is 26.7 Å². The number of rotatable bonds is 4. The van der Waals surface area contributed by atoms with Gasteiger partial charge in [0.25, 0.3) is 0 Å². The fraction of sp³-hybridized carbons (Fsp3) is 0.900. The molecule has 74 valence electrons. The molecule has 3 heteroatoms. The molecule has 1 N–H and O–H groups in total. The number of likely N-dealkylation sites (tertiary alicyclic amines) is 1. The minimum absolute atomic E-state index is 0.409. The summed E-state index contributed by atoms with van der Waals surface area (Å²) in [7, 11) is 2.13. The van der Waals surface area contributed by atoms with Crippen LogP contribution in [0.25, 0.3) is 0 Å². The van der Waals surface area contributed by atoms with Crippen LogP contribution in [-0.4, -0.2) is 43.4 Å². The summed E-state index contributed by atoms with van der Waals surface area (Å²) in [6.07, 6.45) is 3.45. The minimum atomic E-state index is 0.409. The number of carbonyl (C=O) groups excluding carboxylic acids is 1. The number of carbonyl (C=O) groups is 1. The summed E-state index contributed by atoms with van der Waals surface area (Å²) in [6.45, 7) is 2.86. The lowest BCUT2D eigenvalue weighted by atomic mass is 10.2. The molecule has 0 bridgehead atoms. The van der Waals surface area contributed by atoms with Crippen molar-refractivity contribution in [1.82, 2.24) is 10.2 Å². The van der Waals surface area contributed by atoms with Crippen LogP contribution in [0.15, 0.2) is 0 Å². The van der Waals surface area contributed by atoms with Crippen molar-refractivity contribution in [1.29, 1.82) is 0 Å². The maximum atomic E-state index is 11.4. The second-order valence-electron chi connectivity index (χ2n) is 4.37. The Kier molecular flexibility index (Phi) is 2.65. The molecule has 1 saturated heterocycles. The highest BCUT2D eigenvalue weighted by atomic mass is 16.1. The zero-order valence-electron chi connectivity index (χ0n) is 8.25. The topological polar surface area (TPSA) is 32.3 Å². The Labute approximate surface area is 79.5 Å². The van der Waals surface area contributed by atoms with Crippen molar-refractivity contribution in [3.05, 3.63) is 0 Å². The normalized spacial score (nSPS) is 29.5. The quantitative estimate of drug-likeness (QED) is 0.677. The monoisotopic (exact) mass is 182 g/mol. The van der Waals surface area contributed by atoms with E-state index in [4.69, 9.17) is 0 Å². The van der Waals surface area contributed by atoms with E-state index in [1.54, 1.807) is 0 Å². The molecule has 0 amide bonds. The minimum Gasteiger partial charge on any atom is -0.306 e. The third-order valence-corrected chi connectivity index (χ3v) is 2.99. The van der Waals surface area contributed by atoms with Gasteiger partial charge in [-0.05, 0) is 32.9 Å². The Hall–Kier alpha value is -0.410. The van der Waals surface area contributed by atoms with E-state index in [1.807, 2.05) is 0 Å². The Morgan fingerprint density at radius 1 is 1.46 bits per heavy atom. The van der Waals surface area contributed by atoms with Crippen LogP contribution in [0.1, 0.15) is 19.3 Å². The van der Waals surface area contributed by atoms with Gasteiger partial charge in [0, 0.05) is 18.5 Å². The lowest BCUT2D eigenvalue weighted by Gasteiger charge is -2.11. The molecule has 1 aliphatic carbocycles. The number of hydrogen-bond donors (Lipinski definition) is 1. The van der Waals surface area contributed by atoms with Gasteiger partial charge in [-0.25, -0.2) is 0 Å². The van der Waals surface area contributed by atoms with Gasteiger partial charge in [-0.2, -0.15) is 0 Å². The first-order chi connectivity index (χ1) is 6.25. The second kappa shape index (κ2) is 3.76. The van der Waals surface area contributed by atoms with Crippen LogP contribution in [0.2, 0.25) is 0 Å². The van der Waals surface area contributed by atoms with Crippen LogP contribution >= 0.6 is 0 Å². The predicted octanol–water partition coefficient (Wildman–Crippen LogP) is 0.259. The lowest BCUT2D eigenvalue weighted by molar-refractivity contribution is -0.119. The Morgan fingerprint density at radius 3 is 2.77 bits per heavy atom. The van der Waals surface area contributed by atoms with Crippen LogP contribution in [0.4, 0.5) is 0 Å². The molecule has 0 unspecified atom stereocenters. The zero-order chi connectivity index (χ0) is 9.26. The average Bonchev–Trinajstić information content (AvgIpc) is 2.87. The van der Waals surface area contributed by atoms with Crippen LogP contribution in [-0.2, 0) is 4.79 Å². The van der Waals surface area contributed by atoms with Crippen LogP contribution in [0, 0.1) is 5.92 Å². The summed E-state index contributed by atoms with van der Waals surface area (Å²) in [4.78, 5) is 13.7. The van der Waals surface area contributed by atoms with Crippen LogP contribution in [0.3, 0.4) is 0 Å². The molecule has 1 aliphatic heterocycles. The van der Waals surface area contributed by atoms with Gasteiger partial charge in [0.2, 0.25) is 0 Å². The molecule has 0 radical (unpaired) electrons. The molecule has 0 aromatic carbocycles. The van der Waals surface area contributed by atoms with E-state index in [1.165, 1.54) is 6.42 Å². The summed E-state index contributed by atoms with van der Waals surface area (Å²) < 4.78 is 0. The number of Topliss-reactive ketones (excluding diaryl/α,β-unsaturated/α-hetero) is 1. The standard InChI is InChI=1S/C10H18N2O/c1-12-5-4-9(7-12)11-6-10(13)8-2-3-8/h8-9,11H,2-7H2,1H3/t9-/m1/s1. The molecule has 1 saturated carbocycles. The third kappa shape index (κ3) is 2.51.